The average molecular weight is 205 g/mol. The molecule has 1 fully saturated rings. The van der Waals surface area contributed by atoms with Crippen LogP contribution in [0.15, 0.2) is 24.3 Å². The number of phenolic OH excluding ortho intramolecular Hbond substituents is 1. The Labute approximate surface area is 91.3 Å². The predicted octanol–water partition coefficient (Wildman–Crippen LogP) is 2.53. The zero-order chi connectivity index (χ0) is 10.7. The second kappa shape index (κ2) is 4.67. The summed E-state index contributed by atoms with van der Waals surface area (Å²) in [7, 11) is 0. The SMILES string of the molecule is CC(CNCc1ccc(O)cc1)C1CC1. The van der Waals surface area contributed by atoms with Gasteiger partial charge in [-0.1, -0.05) is 19.1 Å². The summed E-state index contributed by atoms with van der Waals surface area (Å²) in [5.74, 6) is 2.12. The van der Waals surface area contributed by atoms with Crippen molar-refractivity contribution in [2.45, 2.75) is 26.3 Å². The molecule has 0 aliphatic heterocycles. The van der Waals surface area contributed by atoms with E-state index in [1.54, 1.807) is 12.1 Å². The van der Waals surface area contributed by atoms with Crippen molar-refractivity contribution in [1.82, 2.24) is 5.32 Å². The number of rotatable bonds is 5. The monoisotopic (exact) mass is 205 g/mol. The lowest BCUT2D eigenvalue weighted by molar-refractivity contribution is 0.460. The molecule has 0 heterocycles. The van der Waals surface area contributed by atoms with E-state index in [9.17, 15) is 0 Å². The molecule has 0 radical (unpaired) electrons. The van der Waals surface area contributed by atoms with Crippen molar-refractivity contribution in [3.8, 4) is 5.75 Å². The van der Waals surface area contributed by atoms with Crippen LogP contribution >= 0.6 is 0 Å². The summed E-state index contributed by atoms with van der Waals surface area (Å²) in [6, 6.07) is 7.40. The quantitative estimate of drug-likeness (QED) is 0.774. The van der Waals surface area contributed by atoms with Crippen molar-refractivity contribution in [2.24, 2.45) is 11.8 Å². The summed E-state index contributed by atoms with van der Waals surface area (Å²) in [5, 5.41) is 12.6. The first-order valence-electron chi connectivity index (χ1n) is 5.74. The Hall–Kier alpha value is -1.02. The van der Waals surface area contributed by atoms with Crippen molar-refractivity contribution < 1.29 is 5.11 Å². The summed E-state index contributed by atoms with van der Waals surface area (Å²) in [6.45, 7) is 4.32. The molecular weight excluding hydrogens is 186 g/mol. The number of phenols is 1. The van der Waals surface area contributed by atoms with Crippen molar-refractivity contribution in [3.63, 3.8) is 0 Å². The zero-order valence-corrected chi connectivity index (χ0v) is 9.24. The van der Waals surface area contributed by atoms with Crippen LogP contribution in [0.1, 0.15) is 25.3 Å². The number of nitrogens with one attached hydrogen (secondary N) is 1. The Balaban J connectivity index is 1.70. The van der Waals surface area contributed by atoms with Crippen LogP contribution < -0.4 is 5.32 Å². The Morgan fingerprint density at radius 2 is 2.00 bits per heavy atom. The van der Waals surface area contributed by atoms with Crippen LogP contribution in [0.4, 0.5) is 0 Å². The highest BCUT2D eigenvalue weighted by Gasteiger charge is 2.27. The van der Waals surface area contributed by atoms with Gasteiger partial charge in [0.1, 0.15) is 5.75 Å². The number of hydrogen-bond acceptors (Lipinski definition) is 2. The summed E-state index contributed by atoms with van der Waals surface area (Å²) in [4.78, 5) is 0. The van der Waals surface area contributed by atoms with E-state index in [4.69, 9.17) is 5.11 Å². The van der Waals surface area contributed by atoms with E-state index in [0.717, 1.165) is 24.9 Å². The molecule has 1 unspecified atom stereocenters. The third-order valence-electron chi connectivity index (χ3n) is 3.16. The van der Waals surface area contributed by atoms with Gasteiger partial charge in [-0.2, -0.15) is 0 Å². The van der Waals surface area contributed by atoms with Crippen LogP contribution in [0.5, 0.6) is 5.75 Å². The minimum atomic E-state index is 0.338. The molecular formula is C13H19NO. The molecule has 1 aliphatic carbocycles. The van der Waals surface area contributed by atoms with E-state index in [1.165, 1.54) is 18.4 Å². The molecule has 2 rings (SSSR count). The first-order valence-corrected chi connectivity index (χ1v) is 5.74. The highest BCUT2D eigenvalue weighted by atomic mass is 16.3. The van der Waals surface area contributed by atoms with Gasteiger partial charge in [-0.05, 0) is 48.9 Å². The average Bonchev–Trinajstić information content (AvgIpc) is 3.04. The minimum absolute atomic E-state index is 0.338. The Kier molecular flexibility index (Phi) is 3.27. The van der Waals surface area contributed by atoms with E-state index >= 15 is 0 Å². The number of hydrogen-bond donors (Lipinski definition) is 2. The molecule has 1 saturated carbocycles. The van der Waals surface area contributed by atoms with Gasteiger partial charge in [-0.15, -0.1) is 0 Å². The van der Waals surface area contributed by atoms with Gasteiger partial charge >= 0.3 is 0 Å². The van der Waals surface area contributed by atoms with Crippen molar-refractivity contribution in [3.05, 3.63) is 29.8 Å². The minimum Gasteiger partial charge on any atom is -0.508 e. The fourth-order valence-electron chi connectivity index (χ4n) is 1.89. The fraction of sp³-hybridized carbons (Fsp3) is 0.538. The van der Waals surface area contributed by atoms with Crippen molar-refractivity contribution >= 4 is 0 Å². The summed E-state index contributed by atoms with van der Waals surface area (Å²) >= 11 is 0. The van der Waals surface area contributed by atoms with Gasteiger partial charge in [0.05, 0.1) is 0 Å². The maximum atomic E-state index is 9.13. The van der Waals surface area contributed by atoms with Crippen LogP contribution in [-0.4, -0.2) is 11.7 Å². The second-order valence-corrected chi connectivity index (χ2v) is 4.61. The van der Waals surface area contributed by atoms with E-state index in [0.29, 0.717) is 5.75 Å². The molecule has 15 heavy (non-hydrogen) atoms. The molecule has 1 aliphatic rings. The van der Waals surface area contributed by atoms with E-state index in [1.807, 2.05) is 12.1 Å². The molecule has 82 valence electrons. The summed E-state index contributed by atoms with van der Waals surface area (Å²) in [6.07, 6.45) is 2.84. The smallest absolute Gasteiger partial charge is 0.115 e. The molecule has 0 saturated heterocycles. The summed E-state index contributed by atoms with van der Waals surface area (Å²) < 4.78 is 0. The van der Waals surface area contributed by atoms with Crippen LogP contribution in [0.3, 0.4) is 0 Å². The predicted molar refractivity (Wildman–Crippen MR) is 61.7 cm³/mol. The molecule has 1 aromatic rings. The largest absolute Gasteiger partial charge is 0.508 e. The third-order valence-corrected chi connectivity index (χ3v) is 3.16. The zero-order valence-electron chi connectivity index (χ0n) is 9.24. The molecule has 0 spiro atoms. The Bertz CT molecular complexity index is 303. The third kappa shape index (κ3) is 3.24. The van der Waals surface area contributed by atoms with Gasteiger partial charge in [-0.25, -0.2) is 0 Å². The van der Waals surface area contributed by atoms with Gasteiger partial charge in [-0.3, -0.25) is 0 Å². The topological polar surface area (TPSA) is 32.3 Å². The van der Waals surface area contributed by atoms with Crippen LogP contribution in [0.2, 0.25) is 0 Å². The molecule has 0 amide bonds. The molecule has 1 aromatic carbocycles. The Morgan fingerprint density at radius 1 is 1.33 bits per heavy atom. The van der Waals surface area contributed by atoms with Crippen LogP contribution in [0.25, 0.3) is 0 Å². The van der Waals surface area contributed by atoms with Gasteiger partial charge in [0, 0.05) is 6.54 Å². The van der Waals surface area contributed by atoms with Gasteiger partial charge in [0.15, 0.2) is 0 Å². The Morgan fingerprint density at radius 3 is 2.60 bits per heavy atom. The van der Waals surface area contributed by atoms with E-state index in [2.05, 4.69) is 12.2 Å². The molecule has 0 bridgehead atoms. The van der Waals surface area contributed by atoms with Crippen LogP contribution in [-0.2, 0) is 6.54 Å². The van der Waals surface area contributed by atoms with Gasteiger partial charge in [0.25, 0.3) is 0 Å². The summed E-state index contributed by atoms with van der Waals surface area (Å²) in [5.41, 5.74) is 1.23. The van der Waals surface area contributed by atoms with Gasteiger partial charge in [0.2, 0.25) is 0 Å². The fourth-order valence-corrected chi connectivity index (χ4v) is 1.89. The first-order chi connectivity index (χ1) is 7.25. The maximum Gasteiger partial charge on any atom is 0.115 e. The van der Waals surface area contributed by atoms with Crippen molar-refractivity contribution in [2.75, 3.05) is 6.54 Å². The highest BCUT2D eigenvalue weighted by molar-refractivity contribution is 5.25. The number of benzene rings is 1. The van der Waals surface area contributed by atoms with Crippen molar-refractivity contribution in [1.29, 1.82) is 0 Å². The highest BCUT2D eigenvalue weighted by Crippen LogP contribution is 2.36. The standard InChI is InChI=1S/C13H19NO/c1-10(12-4-5-12)8-14-9-11-2-6-13(15)7-3-11/h2-3,6-7,10,12,14-15H,4-5,8-9H2,1H3. The molecule has 0 aromatic heterocycles. The first kappa shape index (κ1) is 10.5. The number of aromatic hydroxyl groups is 1. The molecule has 2 nitrogen and oxygen atoms in total. The van der Waals surface area contributed by atoms with E-state index < -0.39 is 0 Å². The van der Waals surface area contributed by atoms with Gasteiger partial charge < -0.3 is 10.4 Å². The lowest BCUT2D eigenvalue weighted by Gasteiger charge is -2.11. The maximum absolute atomic E-state index is 9.13. The second-order valence-electron chi connectivity index (χ2n) is 4.61. The lowest BCUT2D eigenvalue weighted by atomic mass is 10.1. The van der Waals surface area contributed by atoms with Crippen LogP contribution in [0, 0.1) is 11.8 Å². The normalized spacial score (nSPS) is 17.7. The van der Waals surface area contributed by atoms with E-state index in [-0.39, 0.29) is 0 Å². The molecule has 2 heteroatoms. The molecule has 2 N–H and O–H groups in total. The lowest BCUT2D eigenvalue weighted by Crippen LogP contribution is -2.21. The molecule has 1 atom stereocenters.